The number of aromatic hydroxyl groups is 1. The van der Waals surface area contributed by atoms with Crippen LogP contribution in [0.15, 0.2) is 35.5 Å². The Hall–Kier alpha value is -2.25. The Kier molecular flexibility index (Phi) is 3.68. The summed E-state index contributed by atoms with van der Waals surface area (Å²) >= 11 is 2.58. The van der Waals surface area contributed by atoms with Crippen LogP contribution in [0.25, 0.3) is 10.1 Å². The number of esters is 1. The maximum Gasteiger partial charge on any atom is 0.349 e. The Labute approximate surface area is 128 Å². The molecule has 0 unspecified atom stereocenters. The fraction of sp³-hybridized carbons (Fsp3) is 0.0714. The van der Waals surface area contributed by atoms with Gasteiger partial charge in [0.1, 0.15) is 10.6 Å². The van der Waals surface area contributed by atoms with E-state index in [9.17, 15) is 9.90 Å². The first-order chi connectivity index (χ1) is 10.2. The smallest absolute Gasteiger partial charge is 0.349 e. The predicted molar refractivity (Wildman–Crippen MR) is 84.2 cm³/mol. The van der Waals surface area contributed by atoms with Crippen LogP contribution in [-0.4, -0.2) is 29.4 Å². The van der Waals surface area contributed by atoms with Crippen LogP contribution in [0.5, 0.6) is 5.75 Å². The molecule has 21 heavy (non-hydrogen) atoms. The lowest BCUT2D eigenvalue weighted by Gasteiger charge is -1.90. The van der Waals surface area contributed by atoms with Gasteiger partial charge in [-0.2, -0.15) is 0 Å². The summed E-state index contributed by atoms with van der Waals surface area (Å²) in [6, 6.07) is 7.59. The van der Waals surface area contributed by atoms with E-state index in [1.807, 2.05) is 24.3 Å². The summed E-state index contributed by atoms with van der Waals surface area (Å²) in [7, 11) is 1.32. The van der Waals surface area contributed by atoms with Crippen molar-refractivity contribution in [1.29, 1.82) is 0 Å². The minimum Gasteiger partial charge on any atom is -0.506 e. The van der Waals surface area contributed by atoms with E-state index < -0.39 is 5.97 Å². The second-order valence-electron chi connectivity index (χ2n) is 4.07. The van der Waals surface area contributed by atoms with Gasteiger partial charge in [-0.15, -0.1) is 11.3 Å². The van der Waals surface area contributed by atoms with Crippen molar-refractivity contribution in [3.05, 3.63) is 40.2 Å². The largest absolute Gasteiger partial charge is 0.506 e. The van der Waals surface area contributed by atoms with Crippen molar-refractivity contribution in [2.45, 2.75) is 0 Å². The van der Waals surface area contributed by atoms with Gasteiger partial charge in [-0.1, -0.05) is 23.5 Å². The van der Waals surface area contributed by atoms with Crippen molar-refractivity contribution in [2.75, 3.05) is 7.11 Å². The average molecular weight is 318 g/mol. The fourth-order valence-electron chi connectivity index (χ4n) is 1.77. The molecule has 2 aromatic heterocycles. The SMILES string of the molecule is COC(=O)c1cnc(/N=C/c2sc3ccccc3c2O)s1. The molecule has 0 saturated heterocycles. The summed E-state index contributed by atoms with van der Waals surface area (Å²) in [6.07, 6.45) is 2.98. The predicted octanol–water partition coefficient (Wildman–Crippen LogP) is 3.60. The standard InChI is InChI=1S/C14H10N2O3S2/c1-19-13(18)11-7-16-14(21-11)15-6-10-12(17)8-4-2-3-5-9(8)20-10/h2-7,17H,1H3/b15-6+. The van der Waals surface area contributed by atoms with Gasteiger partial charge in [0, 0.05) is 10.1 Å². The molecule has 0 aliphatic carbocycles. The zero-order valence-electron chi connectivity index (χ0n) is 10.9. The molecule has 0 aliphatic heterocycles. The first kappa shape index (κ1) is 13.7. The number of hydrogen-bond donors (Lipinski definition) is 1. The van der Waals surface area contributed by atoms with Crippen molar-refractivity contribution in [2.24, 2.45) is 4.99 Å². The maximum absolute atomic E-state index is 11.3. The molecular weight excluding hydrogens is 308 g/mol. The minimum atomic E-state index is -0.432. The molecule has 0 spiro atoms. The summed E-state index contributed by atoms with van der Waals surface area (Å²) in [5.74, 6) is -0.220. The highest BCUT2D eigenvalue weighted by Crippen LogP contribution is 2.35. The zero-order chi connectivity index (χ0) is 14.8. The van der Waals surface area contributed by atoms with E-state index in [-0.39, 0.29) is 5.75 Å². The van der Waals surface area contributed by atoms with E-state index in [4.69, 9.17) is 0 Å². The number of fused-ring (bicyclic) bond motifs is 1. The van der Waals surface area contributed by atoms with Gasteiger partial charge in [0.2, 0.25) is 5.13 Å². The molecule has 0 bridgehead atoms. The lowest BCUT2D eigenvalue weighted by Crippen LogP contribution is -1.96. The zero-order valence-corrected chi connectivity index (χ0v) is 12.6. The molecule has 0 amide bonds. The van der Waals surface area contributed by atoms with Crippen LogP contribution in [0.1, 0.15) is 14.5 Å². The minimum absolute atomic E-state index is 0.212. The van der Waals surface area contributed by atoms with E-state index in [0.29, 0.717) is 14.9 Å². The molecule has 106 valence electrons. The Morgan fingerprint density at radius 1 is 1.38 bits per heavy atom. The van der Waals surface area contributed by atoms with Crippen LogP contribution in [0, 0.1) is 0 Å². The van der Waals surface area contributed by atoms with Gasteiger partial charge in [0.25, 0.3) is 0 Å². The first-order valence-corrected chi connectivity index (χ1v) is 7.61. The van der Waals surface area contributed by atoms with Crippen LogP contribution in [0.2, 0.25) is 0 Å². The number of aromatic nitrogens is 1. The number of carbonyl (C=O) groups excluding carboxylic acids is 1. The fourth-order valence-corrected chi connectivity index (χ4v) is 3.42. The van der Waals surface area contributed by atoms with E-state index in [1.54, 1.807) is 6.21 Å². The number of ether oxygens (including phenoxy) is 1. The summed E-state index contributed by atoms with van der Waals surface area (Å²) in [5.41, 5.74) is 0. The third-order valence-electron chi connectivity index (χ3n) is 2.77. The van der Waals surface area contributed by atoms with Gasteiger partial charge in [0.05, 0.1) is 24.4 Å². The molecule has 5 nitrogen and oxygen atoms in total. The third kappa shape index (κ3) is 2.65. The second kappa shape index (κ2) is 5.63. The number of rotatable bonds is 3. The average Bonchev–Trinajstić information content (AvgIpc) is 3.10. The summed E-state index contributed by atoms with van der Waals surface area (Å²) < 4.78 is 5.60. The van der Waals surface area contributed by atoms with Gasteiger partial charge < -0.3 is 9.84 Å². The molecular formula is C14H10N2O3S2. The normalized spacial score (nSPS) is 11.3. The molecule has 0 saturated carbocycles. The number of benzene rings is 1. The number of carbonyl (C=O) groups is 1. The highest BCUT2D eigenvalue weighted by Gasteiger charge is 2.11. The third-order valence-corrected chi connectivity index (χ3v) is 4.75. The van der Waals surface area contributed by atoms with Gasteiger partial charge in [-0.05, 0) is 12.1 Å². The molecule has 3 rings (SSSR count). The number of thiazole rings is 1. The topological polar surface area (TPSA) is 71.8 Å². The quantitative estimate of drug-likeness (QED) is 0.591. The van der Waals surface area contributed by atoms with Gasteiger partial charge in [-0.25, -0.2) is 14.8 Å². The summed E-state index contributed by atoms with van der Waals surface area (Å²) in [4.78, 5) is 20.6. The molecule has 3 aromatic rings. The van der Waals surface area contributed by atoms with Crippen molar-refractivity contribution in [3.8, 4) is 5.75 Å². The van der Waals surface area contributed by atoms with E-state index >= 15 is 0 Å². The van der Waals surface area contributed by atoms with Crippen molar-refractivity contribution < 1.29 is 14.6 Å². The molecule has 2 heterocycles. The highest BCUT2D eigenvalue weighted by atomic mass is 32.1. The lowest BCUT2D eigenvalue weighted by molar-refractivity contribution is 0.0606. The number of hydrogen-bond acceptors (Lipinski definition) is 7. The Morgan fingerprint density at radius 2 is 2.19 bits per heavy atom. The Morgan fingerprint density at radius 3 is 2.95 bits per heavy atom. The second-order valence-corrected chi connectivity index (χ2v) is 6.16. The molecule has 0 atom stereocenters. The van der Waals surface area contributed by atoms with Crippen LogP contribution in [0.4, 0.5) is 5.13 Å². The molecule has 7 heteroatoms. The molecule has 0 aliphatic rings. The number of methoxy groups -OCH3 is 1. The summed E-state index contributed by atoms with van der Waals surface area (Å²) in [5, 5.41) is 11.4. The van der Waals surface area contributed by atoms with Gasteiger partial charge in [0.15, 0.2) is 0 Å². The monoisotopic (exact) mass is 318 g/mol. The highest BCUT2D eigenvalue weighted by molar-refractivity contribution is 7.21. The van der Waals surface area contributed by atoms with Gasteiger partial charge >= 0.3 is 5.97 Å². The Balaban J connectivity index is 1.89. The Bertz CT molecular complexity index is 836. The van der Waals surface area contributed by atoms with Crippen LogP contribution in [-0.2, 0) is 4.74 Å². The van der Waals surface area contributed by atoms with Gasteiger partial charge in [-0.3, -0.25) is 0 Å². The summed E-state index contributed by atoms with van der Waals surface area (Å²) in [6.45, 7) is 0. The molecule has 1 N–H and O–H groups in total. The van der Waals surface area contributed by atoms with Crippen molar-refractivity contribution in [3.63, 3.8) is 0 Å². The van der Waals surface area contributed by atoms with Crippen molar-refractivity contribution in [1.82, 2.24) is 4.98 Å². The number of thiophene rings is 1. The molecule has 1 aromatic carbocycles. The van der Waals surface area contributed by atoms with Crippen molar-refractivity contribution >= 4 is 50.1 Å². The maximum atomic E-state index is 11.3. The number of nitrogens with zero attached hydrogens (tertiary/aromatic N) is 2. The molecule has 0 fully saturated rings. The van der Waals surface area contributed by atoms with Crippen LogP contribution < -0.4 is 0 Å². The lowest BCUT2D eigenvalue weighted by atomic mass is 10.2. The number of aliphatic imine (C=N–C) groups is 1. The van der Waals surface area contributed by atoms with E-state index in [2.05, 4.69) is 14.7 Å². The molecule has 0 radical (unpaired) electrons. The van der Waals surface area contributed by atoms with E-state index in [0.717, 1.165) is 21.4 Å². The van der Waals surface area contributed by atoms with Crippen LogP contribution >= 0.6 is 22.7 Å². The van der Waals surface area contributed by atoms with Crippen LogP contribution in [0.3, 0.4) is 0 Å². The first-order valence-electron chi connectivity index (χ1n) is 5.97. The van der Waals surface area contributed by atoms with E-state index in [1.165, 1.54) is 24.6 Å².